The zero-order chi connectivity index (χ0) is 14.2. The summed E-state index contributed by atoms with van der Waals surface area (Å²) < 4.78 is 11.8. The Kier molecular flexibility index (Phi) is 5.89. The van der Waals surface area contributed by atoms with Crippen LogP contribution < -0.4 is 14.8 Å². The fourth-order valence-electron chi connectivity index (χ4n) is 1.81. The molecular formula is C16H18BrNO2. The third-order valence-electron chi connectivity index (χ3n) is 2.84. The largest absolute Gasteiger partial charge is 0.496 e. The van der Waals surface area contributed by atoms with Crippen LogP contribution in [0.5, 0.6) is 11.5 Å². The number of hydrogen-bond donors (Lipinski definition) is 1. The topological polar surface area (TPSA) is 30.5 Å². The van der Waals surface area contributed by atoms with Gasteiger partial charge in [0.25, 0.3) is 0 Å². The number of nitrogens with one attached hydrogen (secondary N) is 1. The van der Waals surface area contributed by atoms with E-state index < -0.39 is 0 Å². The van der Waals surface area contributed by atoms with Crippen molar-refractivity contribution < 1.29 is 9.47 Å². The lowest BCUT2D eigenvalue weighted by atomic mass is 10.2. The predicted octanol–water partition coefficient (Wildman–Crippen LogP) is 3.63. The van der Waals surface area contributed by atoms with E-state index in [1.54, 1.807) is 7.11 Å². The molecule has 2 aromatic rings. The zero-order valence-corrected chi connectivity index (χ0v) is 13.0. The van der Waals surface area contributed by atoms with E-state index in [9.17, 15) is 0 Å². The lowest BCUT2D eigenvalue weighted by Gasteiger charge is -2.09. The molecule has 0 heterocycles. The quantitative estimate of drug-likeness (QED) is 0.784. The van der Waals surface area contributed by atoms with E-state index in [2.05, 4.69) is 33.4 Å². The van der Waals surface area contributed by atoms with Crippen molar-refractivity contribution in [3.63, 3.8) is 0 Å². The van der Waals surface area contributed by atoms with Gasteiger partial charge in [0.15, 0.2) is 0 Å². The van der Waals surface area contributed by atoms with E-state index in [1.807, 2.05) is 36.4 Å². The number of rotatable bonds is 7. The molecule has 1 N–H and O–H groups in total. The van der Waals surface area contributed by atoms with Crippen LogP contribution in [0.4, 0.5) is 0 Å². The Morgan fingerprint density at radius 3 is 2.60 bits per heavy atom. The molecule has 20 heavy (non-hydrogen) atoms. The van der Waals surface area contributed by atoms with Crippen LogP contribution in [0.3, 0.4) is 0 Å². The number of ether oxygens (including phenoxy) is 2. The van der Waals surface area contributed by atoms with Gasteiger partial charge in [-0.05, 0) is 45.8 Å². The SMILES string of the molecule is COc1ccc(CNCCOc2ccccc2)cc1Br. The number of methoxy groups -OCH3 is 1. The fraction of sp³-hybridized carbons (Fsp3) is 0.250. The molecule has 106 valence electrons. The molecule has 3 nitrogen and oxygen atoms in total. The highest BCUT2D eigenvalue weighted by molar-refractivity contribution is 9.10. The Balaban J connectivity index is 1.69. The van der Waals surface area contributed by atoms with Crippen molar-refractivity contribution in [2.75, 3.05) is 20.3 Å². The summed E-state index contributed by atoms with van der Waals surface area (Å²) in [4.78, 5) is 0. The Morgan fingerprint density at radius 2 is 1.90 bits per heavy atom. The Morgan fingerprint density at radius 1 is 1.10 bits per heavy atom. The maximum Gasteiger partial charge on any atom is 0.133 e. The number of benzene rings is 2. The second kappa shape index (κ2) is 7.92. The molecule has 0 bridgehead atoms. The average Bonchev–Trinajstić information content (AvgIpc) is 2.48. The summed E-state index contributed by atoms with van der Waals surface area (Å²) in [6, 6.07) is 15.9. The second-order valence-corrected chi connectivity index (χ2v) is 5.16. The maximum absolute atomic E-state index is 5.61. The maximum atomic E-state index is 5.61. The summed E-state index contributed by atoms with van der Waals surface area (Å²) in [7, 11) is 1.67. The van der Waals surface area contributed by atoms with Gasteiger partial charge in [-0.25, -0.2) is 0 Å². The van der Waals surface area contributed by atoms with E-state index >= 15 is 0 Å². The van der Waals surface area contributed by atoms with E-state index in [-0.39, 0.29) is 0 Å². The molecule has 0 atom stereocenters. The van der Waals surface area contributed by atoms with Crippen molar-refractivity contribution in [1.29, 1.82) is 0 Å². The third-order valence-corrected chi connectivity index (χ3v) is 3.46. The number of hydrogen-bond acceptors (Lipinski definition) is 3. The molecule has 2 aromatic carbocycles. The van der Waals surface area contributed by atoms with Gasteiger partial charge in [-0.15, -0.1) is 0 Å². The van der Waals surface area contributed by atoms with Gasteiger partial charge in [-0.2, -0.15) is 0 Å². The van der Waals surface area contributed by atoms with Gasteiger partial charge in [-0.3, -0.25) is 0 Å². The lowest BCUT2D eigenvalue weighted by molar-refractivity contribution is 0.313. The summed E-state index contributed by atoms with van der Waals surface area (Å²) in [5.74, 6) is 1.75. The molecule has 0 aliphatic carbocycles. The van der Waals surface area contributed by atoms with Crippen molar-refractivity contribution >= 4 is 15.9 Å². The first-order chi connectivity index (χ1) is 9.79. The molecule has 0 aromatic heterocycles. The standard InChI is InChI=1S/C16H18BrNO2/c1-19-16-8-7-13(11-15(16)17)12-18-9-10-20-14-5-3-2-4-6-14/h2-8,11,18H,9-10,12H2,1H3. The van der Waals surface area contributed by atoms with Crippen LogP contribution in [0.25, 0.3) is 0 Å². The van der Waals surface area contributed by atoms with Crippen LogP contribution >= 0.6 is 15.9 Å². The van der Waals surface area contributed by atoms with Crippen molar-refractivity contribution in [2.24, 2.45) is 0 Å². The molecule has 0 saturated heterocycles. The van der Waals surface area contributed by atoms with Gasteiger partial charge < -0.3 is 14.8 Å². The van der Waals surface area contributed by atoms with Crippen molar-refractivity contribution in [1.82, 2.24) is 5.32 Å². The first-order valence-corrected chi connectivity index (χ1v) is 7.30. The highest BCUT2D eigenvalue weighted by Crippen LogP contribution is 2.25. The summed E-state index contributed by atoms with van der Waals surface area (Å²) in [6.45, 7) is 2.26. The predicted molar refractivity (Wildman–Crippen MR) is 84.3 cm³/mol. The normalized spacial score (nSPS) is 10.3. The third kappa shape index (κ3) is 4.54. The summed E-state index contributed by atoms with van der Waals surface area (Å²) in [5.41, 5.74) is 1.21. The zero-order valence-electron chi connectivity index (χ0n) is 11.4. The molecule has 0 aliphatic heterocycles. The summed E-state index contributed by atoms with van der Waals surface area (Å²) in [6.07, 6.45) is 0. The Labute approximate surface area is 128 Å². The summed E-state index contributed by atoms with van der Waals surface area (Å²) in [5, 5.41) is 3.35. The van der Waals surface area contributed by atoms with Gasteiger partial charge in [0, 0.05) is 13.1 Å². The average molecular weight is 336 g/mol. The van der Waals surface area contributed by atoms with Crippen molar-refractivity contribution in [3.05, 3.63) is 58.6 Å². The van der Waals surface area contributed by atoms with Crippen LogP contribution in [0.2, 0.25) is 0 Å². The van der Waals surface area contributed by atoms with Gasteiger partial charge in [0.05, 0.1) is 11.6 Å². The molecule has 0 unspecified atom stereocenters. The smallest absolute Gasteiger partial charge is 0.133 e. The minimum Gasteiger partial charge on any atom is -0.496 e. The monoisotopic (exact) mass is 335 g/mol. The van der Waals surface area contributed by atoms with Crippen LogP contribution in [-0.2, 0) is 6.54 Å². The highest BCUT2D eigenvalue weighted by atomic mass is 79.9. The number of para-hydroxylation sites is 1. The minimum absolute atomic E-state index is 0.654. The molecule has 0 radical (unpaired) electrons. The minimum atomic E-state index is 0.654. The molecule has 0 spiro atoms. The van der Waals surface area contributed by atoms with Crippen molar-refractivity contribution in [3.8, 4) is 11.5 Å². The molecule has 0 amide bonds. The summed E-state index contributed by atoms with van der Waals surface area (Å²) >= 11 is 3.48. The van der Waals surface area contributed by atoms with E-state index in [4.69, 9.17) is 9.47 Å². The van der Waals surface area contributed by atoms with Gasteiger partial charge in [0.2, 0.25) is 0 Å². The fourth-order valence-corrected chi connectivity index (χ4v) is 2.40. The Bertz CT molecular complexity index is 531. The molecule has 4 heteroatoms. The second-order valence-electron chi connectivity index (χ2n) is 4.31. The molecular weight excluding hydrogens is 318 g/mol. The first kappa shape index (κ1) is 14.9. The van der Waals surface area contributed by atoms with Crippen molar-refractivity contribution in [2.45, 2.75) is 6.54 Å². The van der Waals surface area contributed by atoms with Gasteiger partial charge >= 0.3 is 0 Å². The van der Waals surface area contributed by atoms with Crippen LogP contribution in [-0.4, -0.2) is 20.3 Å². The molecule has 0 fully saturated rings. The van der Waals surface area contributed by atoms with Gasteiger partial charge in [-0.1, -0.05) is 24.3 Å². The molecule has 0 aliphatic rings. The highest BCUT2D eigenvalue weighted by Gasteiger charge is 2.01. The van der Waals surface area contributed by atoms with Gasteiger partial charge in [0.1, 0.15) is 18.1 Å². The number of halogens is 1. The van der Waals surface area contributed by atoms with E-state index in [0.29, 0.717) is 6.61 Å². The van der Waals surface area contributed by atoms with E-state index in [1.165, 1.54) is 5.56 Å². The Hall–Kier alpha value is -1.52. The van der Waals surface area contributed by atoms with Crippen LogP contribution in [0, 0.1) is 0 Å². The first-order valence-electron chi connectivity index (χ1n) is 6.50. The van der Waals surface area contributed by atoms with Crippen LogP contribution in [0.15, 0.2) is 53.0 Å². The lowest BCUT2D eigenvalue weighted by Crippen LogP contribution is -2.20. The van der Waals surface area contributed by atoms with E-state index in [0.717, 1.165) is 29.1 Å². The molecule has 0 saturated carbocycles. The molecule has 2 rings (SSSR count). The van der Waals surface area contributed by atoms with Crippen LogP contribution in [0.1, 0.15) is 5.56 Å².